The van der Waals surface area contributed by atoms with E-state index in [0.717, 1.165) is 21.7 Å². The van der Waals surface area contributed by atoms with Crippen molar-refractivity contribution in [1.29, 1.82) is 0 Å². The lowest BCUT2D eigenvalue weighted by Crippen LogP contribution is -2.50. The van der Waals surface area contributed by atoms with Crippen LogP contribution in [0.2, 0.25) is 0 Å². The number of aryl methyl sites for hydroxylation is 1. The molecule has 9 heteroatoms. The van der Waals surface area contributed by atoms with E-state index in [1.807, 2.05) is 42.5 Å². The number of carbonyl (C=O) groups excluding carboxylic acids is 2. The molecule has 7 nitrogen and oxygen atoms in total. The number of benzene rings is 3. The summed E-state index contributed by atoms with van der Waals surface area (Å²) in [5, 5.41) is 4.41. The van der Waals surface area contributed by atoms with Crippen LogP contribution < -0.4 is 25.6 Å². The number of amides is 2. The Hall–Kier alpha value is -3.17. The summed E-state index contributed by atoms with van der Waals surface area (Å²) in [5.74, 6) is 0.210. The minimum Gasteiger partial charge on any atom is -0.484 e. The quantitative estimate of drug-likeness (QED) is 0.328. The number of thiocarbonyl (C=S) groups is 1. The Morgan fingerprint density at radius 1 is 0.906 bits per heavy atom. The summed E-state index contributed by atoms with van der Waals surface area (Å²) in [5.41, 5.74) is 6.00. The van der Waals surface area contributed by atoms with Gasteiger partial charge in [-0.05, 0) is 69.1 Å². The third-order valence-corrected chi connectivity index (χ3v) is 5.48. The van der Waals surface area contributed by atoms with Gasteiger partial charge >= 0.3 is 0 Å². The highest BCUT2D eigenvalue weighted by Gasteiger charge is 2.10. The Morgan fingerprint density at radius 2 is 1.62 bits per heavy atom. The molecular formula is C23H22BrN3O4S. The van der Waals surface area contributed by atoms with Crippen molar-refractivity contribution in [2.75, 3.05) is 13.2 Å². The molecule has 3 aromatic rings. The number of nitrogens with one attached hydrogen (secondary N) is 3. The largest absolute Gasteiger partial charge is 0.484 e. The Kier molecular flexibility index (Phi) is 8.41. The third-order valence-electron chi connectivity index (χ3n) is 4.46. The Balaban J connectivity index is 1.38. The van der Waals surface area contributed by atoms with Crippen molar-refractivity contribution in [3.05, 3.63) is 70.7 Å². The zero-order valence-corrected chi connectivity index (χ0v) is 19.7. The van der Waals surface area contributed by atoms with Crippen LogP contribution in [0, 0.1) is 0 Å². The normalized spacial score (nSPS) is 10.3. The molecule has 0 saturated heterocycles. The van der Waals surface area contributed by atoms with Gasteiger partial charge in [0.15, 0.2) is 18.3 Å². The zero-order valence-electron chi connectivity index (χ0n) is 17.3. The van der Waals surface area contributed by atoms with E-state index in [-0.39, 0.29) is 18.3 Å². The predicted molar refractivity (Wildman–Crippen MR) is 130 cm³/mol. The van der Waals surface area contributed by atoms with E-state index in [4.69, 9.17) is 21.7 Å². The molecule has 166 valence electrons. The molecule has 0 unspecified atom stereocenters. The van der Waals surface area contributed by atoms with Crippen molar-refractivity contribution in [1.82, 2.24) is 16.2 Å². The average Bonchev–Trinajstić information content (AvgIpc) is 2.81. The first-order chi connectivity index (χ1) is 15.5. The second-order valence-corrected chi connectivity index (χ2v) is 7.93. The molecule has 0 bridgehead atoms. The van der Waals surface area contributed by atoms with Gasteiger partial charge < -0.3 is 9.47 Å². The first-order valence-corrected chi connectivity index (χ1v) is 11.1. The minimum atomic E-state index is -0.468. The van der Waals surface area contributed by atoms with Crippen molar-refractivity contribution in [3.8, 4) is 11.5 Å². The third kappa shape index (κ3) is 6.66. The minimum absolute atomic E-state index is 0.0585. The summed E-state index contributed by atoms with van der Waals surface area (Å²) in [6.07, 6.45) is 0.929. The van der Waals surface area contributed by atoms with Gasteiger partial charge in [-0.3, -0.25) is 25.8 Å². The van der Waals surface area contributed by atoms with Crippen molar-refractivity contribution in [2.45, 2.75) is 13.3 Å². The molecule has 2 amide bonds. The summed E-state index contributed by atoms with van der Waals surface area (Å²) < 4.78 is 11.8. The molecule has 0 aromatic heterocycles. The van der Waals surface area contributed by atoms with Crippen LogP contribution in [0.25, 0.3) is 10.8 Å². The second-order valence-electron chi connectivity index (χ2n) is 6.72. The molecule has 32 heavy (non-hydrogen) atoms. The standard InChI is InChI=1S/C23H22BrN3O4S/c1-2-15-7-10-17(11-8-15)30-14-21(29)26-27-23(32)25-20(28)13-31-19-12-9-16-5-3-4-6-18(16)22(19)24/h3-12H,2,13-14H2,1H3,(H,26,29)(H2,25,27,28,32). The van der Waals surface area contributed by atoms with E-state index in [2.05, 4.69) is 39.0 Å². The first kappa shape index (κ1) is 23.5. The monoisotopic (exact) mass is 515 g/mol. The summed E-state index contributed by atoms with van der Waals surface area (Å²) in [7, 11) is 0. The molecule has 0 radical (unpaired) electrons. The Labute approximate surface area is 199 Å². The number of halogens is 1. The van der Waals surface area contributed by atoms with Crippen LogP contribution in [-0.2, 0) is 16.0 Å². The second kappa shape index (κ2) is 11.4. The SMILES string of the molecule is CCc1ccc(OCC(=O)NNC(=S)NC(=O)COc2ccc3ccccc3c2Br)cc1. The van der Waals surface area contributed by atoms with Gasteiger partial charge in [-0.25, -0.2) is 0 Å². The average molecular weight is 516 g/mol. The van der Waals surface area contributed by atoms with Gasteiger partial charge in [0.2, 0.25) is 0 Å². The number of rotatable bonds is 7. The zero-order chi connectivity index (χ0) is 22.9. The number of hydrazine groups is 1. The predicted octanol–water partition coefficient (Wildman–Crippen LogP) is 3.64. The summed E-state index contributed by atoms with van der Waals surface area (Å²) in [4.78, 5) is 24.0. The Morgan fingerprint density at radius 3 is 2.38 bits per heavy atom. The fourth-order valence-electron chi connectivity index (χ4n) is 2.80. The molecule has 0 atom stereocenters. The molecule has 3 N–H and O–H groups in total. The molecular weight excluding hydrogens is 494 g/mol. The van der Waals surface area contributed by atoms with Gasteiger partial charge in [0.05, 0.1) is 4.47 Å². The van der Waals surface area contributed by atoms with E-state index in [9.17, 15) is 9.59 Å². The lowest BCUT2D eigenvalue weighted by atomic mass is 10.1. The smallest absolute Gasteiger partial charge is 0.276 e. The van der Waals surface area contributed by atoms with Gasteiger partial charge in [0, 0.05) is 0 Å². The number of carbonyl (C=O) groups is 2. The highest BCUT2D eigenvalue weighted by molar-refractivity contribution is 9.10. The summed E-state index contributed by atoms with van der Waals surface area (Å²) >= 11 is 8.52. The van der Waals surface area contributed by atoms with E-state index < -0.39 is 11.8 Å². The highest BCUT2D eigenvalue weighted by atomic mass is 79.9. The van der Waals surface area contributed by atoms with E-state index in [0.29, 0.717) is 11.5 Å². The maximum atomic E-state index is 12.1. The maximum absolute atomic E-state index is 12.1. The van der Waals surface area contributed by atoms with Crippen molar-refractivity contribution in [3.63, 3.8) is 0 Å². The van der Waals surface area contributed by atoms with Gasteiger partial charge in [0.25, 0.3) is 11.8 Å². The maximum Gasteiger partial charge on any atom is 0.276 e. The molecule has 3 aromatic carbocycles. The van der Waals surface area contributed by atoms with Gasteiger partial charge in [0.1, 0.15) is 11.5 Å². The van der Waals surface area contributed by atoms with Crippen LogP contribution >= 0.6 is 28.1 Å². The summed E-state index contributed by atoms with van der Waals surface area (Å²) in [6, 6.07) is 19.0. The lowest BCUT2D eigenvalue weighted by Gasteiger charge is -2.13. The van der Waals surface area contributed by atoms with Crippen molar-refractivity contribution in [2.24, 2.45) is 0 Å². The van der Waals surface area contributed by atoms with Crippen LogP contribution in [0.15, 0.2) is 65.1 Å². The summed E-state index contributed by atoms with van der Waals surface area (Å²) in [6.45, 7) is 1.61. The molecule has 0 aliphatic heterocycles. The van der Waals surface area contributed by atoms with Gasteiger partial charge in [-0.2, -0.15) is 0 Å². The van der Waals surface area contributed by atoms with Crippen molar-refractivity contribution >= 4 is 55.8 Å². The number of ether oxygens (including phenoxy) is 2. The molecule has 0 heterocycles. The molecule has 0 aliphatic carbocycles. The molecule has 0 fully saturated rings. The molecule has 0 saturated carbocycles. The molecule has 3 rings (SSSR count). The molecule has 0 spiro atoms. The number of fused-ring (bicyclic) bond motifs is 1. The van der Waals surface area contributed by atoms with E-state index in [1.54, 1.807) is 18.2 Å². The highest BCUT2D eigenvalue weighted by Crippen LogP contribution is 2.32. The number of hydrogen-bond donors (Lipinski definition) is 3. The van der Waals surface area contributed by atoms with Gasteiger partial charge in [-0.1, -0.05) is 49.4 Å². The fraction of sp³-hybridized carbons (Fsp3) is 0.174. The van der Waals surface area contributed by atoms with Crippen LogP contribution in [0.5, 0.6) is 11.5 Å². The topological polar surface area (TPSA) is 88.7 Å². The van der Waals surface area contributed by atoms with Gasteiger partial charge in [-0.15, -0.1) is 0 Å². The first-order valence-electron chi connectivity index (χ1n) is 9.86. The van der Waals surface area contributed by atoms with E-state index in [1.165, 1.54) is 5.56 Å². The molecule has 0 aliphatic rings. The van der Waals surface area contributed by atoms with Crippen LogP contribution in [0.4, 0.5) is 0 Å². The van der Waals surface area contributed by atoms with Crippen LogP contribution in [-0.4, -0.2) is 30.1 Å². The fourth-order valence-corrected chi connectivity index (χ4v) is 3.57. The Bertz CT molecular complexity index is 1120. The number of hydrogen-bond acceptors (Lipinski definition) is 5. The van der Waals surface area contributed by atoms with Crippen LogP contribution in [0.1, 0.15) is 12.5 Å². The van der Waals surface area contributed by atoms with Crippen molar-refractivity contribution < 1.29 is 19.1 Å². The van der Waals surface area contributed by atoms with E-state index >= 15 is 0 Å². The van der Waals surface area contributed by atoms with Crippen LogP contribution in [0.3, 0.4) is 0 Å². The lowest BCUT2D eigenvalue weighted by molar-refractivity contribution is -0.124.